The van der Waals surface area contributed by atoms with E-state index in [0.717, 1.165) is 35.3 Å². The lowest BCUT2D eigenvalue weighted by atomic mass is 9.92. The Hall–Kier alpha value is -3.53. The fraction of sp³-hybridized carbons (Fsp3) is 0.222. The number of carbonyl (C=O) groups is 1. The summed E-state index contributed by atoms with van der Waals surface area (Å²) in [6.07, 6.45) is 1.82. The van der Waals surface area contributed by atoms with Crippen molar-refractivity contribution in [2.24, 2.45) is 0 Å². The number of nitrogens with one attached hydrogen (secondary N) is 2. The number of fused-ring (bicyclic) bond motifs is 3. The van der Waals surface area contributed by atoms with Crippen molar-refractivity contribution in [3.63, 3.8) is 0 Å². The molecule has 5 rings (SSSR count). The molecule has 0 bridgehead atoms. The maximum Gasteiger partial charge on any atom is 0.322 e. The van der Waals surface area contributed by atoms with E-state index in [-0.39, 0.29) is 12.1 Å². The van der Waals surface area contributed by atoms with Gasteiger partial charge in [-0.25, -0.2) is 4.79 Å². The number of para-hydroxylation sites is 1. The van der Waals surface area contributed by atoms with E-state index >= 15 is 0 Å². The molecule has 4 aromatic rings. The van der Waals surface area contributed by atoms with Gasteiger partial charge in [-0.15, -0.1) is 0 Å². The van der Waals surface area contributed by atoms with Crippen molar-refractivity contribution in [1.29, 1.82) is 0 Å². The number of urea groups is 1. The first-order valence-electron chi connectivity index (χ1n) is 11.0. The largest absolute Gasteiger partial charge is 0.356 e. The van der Waals surface area contributed by atoms with Crippen molar-refractivity contribution >= 4 is 22.6 Å². The summed E-state index contributed by atoms with van der Waals surface area (Å²) in [6, 6.07) is 24.8. The van der Waals surface area contributed by atoms with Crippen LogP contribution in [0.1, 0.15) is 40.9 Å². The first kappa shape index (κ1) is 19.4. The maximum atomic E-state index is 13.4. The normalized spacial score (nSPS) is 15.7. The van der Waals surface area contributed by atoms with Crippen LogP contribution in [-0.2, 0) is 12.8 Å². The number of amides is 2. The molecule has 0 spiro atoms. The van der Waals surface area contributed by atoms with E-state index in [1.165, 1.54) is 22.1 Å². The fourth-order valence-electron chi connectivity index (χ4n) is 4.57. The van der Waals surface area contributed by atoms with E-state index < -0.39 is 0 Å². The van der Waals surface area contributed by atoms with Crippen molar-refractivity contribution in [2.75, 3.05) is 11.9 Å². The Kier molecular flexibility index (Phi) is 4.99. The first-order chi connectivity index (χ1) is 15.1. The van der Waals surface area contributed by atoms with Gasteiger partial charge in [-0.3, -0.25) is 0 Å². The Balaban J connectivity index is 1.53. The lowest BCUT2D eigenvalue weighted by Crippen LogP contribution is -2.43. The third-order valence-corrected chi connectivity index (χ3v) is 6.30. The van der Waals surface area contributed by atoms with Crippen molar-refractivity contribution < 1.29 is 4.79 Å². The number of benzene rings is 3. The van der Waals surface area contributed by atoms with E-state index in [4.69, 9.17) is 0 Å². The smallest absolute Gasteiger partial charge is 0.322 e. The summed E-state index contributed by atoms with van der Waals surface area (Å²) < 4.78 is 0. The molecule has 0 fully saturated rings. The number of H-pyrrole nitrogens is 1. The number of carbonyl (C=O) groups excluding carboxylic acids is 1. The van der Waals surface area contributed by atoms with Gasteiger partial charge in [0.05, 0.1) is 6.04 Å². The van der Waals surface area contributed by atoms with Crippen LogP contribution in [0.4, 0.5) is 10.5 Å². The average molecular weight is 410 g/mol. The Morgan fingerprint density at radius 2 is 1.77 bits per heavy atom. The van der Waals surface area contributed by atoms with Crippen molar-refractivity contribution in [3.8, 4) is 0 Å². The molecule has 1 aliphatic heterocycles. The molecule has 1 aliphatic rings. The van der Waals surface area contributed by atoms with Gasteiger partial charge in [-0.2, -0.15) is 0 Å². The molecule has 0 aliphatic carbocycles. The lowest BCUT2D eigenvalue weighted by Gasteiger charge is -2.36. The van der Waals surface area contributed by atoms with Gasteiger partial charge in [0, 0.05) is 28.8 Å². The molecule has 0 radical (unpaired) electrons. The van der Waals surface area contributed by atoms with Crippen LogP contribution in [0.2, 0.25) is 0 Å². The highest BCUT2D eigenvalue weighted by molar-refractivity contribution is 5.91. The van der Waals surface area contributed by atoms with E-state index in [9.17, 15) is 4.79 Å². The molecule has 0 saturated carbocycles. The lowest BCUT2D eigenvalue weighted by molar-refractivity contribution is 0.193. The number of aromatic nitrogens is 1. The number of hydrogen-bond donors (Lipinski definition) is 2. The zero-order valence-electron chi connectivity index (χ0n) is 18.0. The molecule has 3 aromatic carbocycles. The van der Waals surface area contributed by atoms with Gasteiger partial charge in [-0.05, 0) is 54.7 Å². The van der Waals surface area contributed by atoms with Crippen LogP contribution in [0.3, 0.4) is 0 Å². The molecule has 31 heavy (non-hydrogen) atoms. The second-order valence-electron chi connectivity index (χ2n) is 8.30. The van der Waals surface area contributed by atoms with Gasteiger partial charge >= 0.3 is 6.03 Å². The summed E-state index contributed by atoms with van der Waals surface area (Å²) >= 11 is 0. The third-order valence-electron chi connectivity index (χ3n) is 6.30. The quantitative estimate of drug-likeness (QED) is 0.415. The number of rotatable bonds is 3. The molecule has 4 nitrogen and oxygen atoms in total. The molecule has 1 aromatic heterocycles. The molecular formula is C27H27N3O. The highest BCUT2D eigenvalue weighted by Gasteiger charge is 2.34. The van der Waals surface area contributed by atoms with Gasteiger partial charge in [0.1, 0.15) is 0 Å². The van der Waals surface area contributed by atoms with E-state index in [1.54, 1.807) is 0 Å². The van der Waals surface area contributed by atoms with Crippen LogP contribution in [0.25, 0.3) is 10.9 Å². The Morgan fingerprint density at radius 1 is 1.03 bits per heavy atom. The first-order valence-corrected chi connectivity index (χ1v) is 11.0. The molecule has 4 heteroatoms. The molecule has 1 atom stereocenters. The summed E-state index contributed by atoms with van der Waals surface area (Å²) in [5, 5.41) is 4.37. The van der Waals surface area contributed by atoms with Gasteiger partial charge in [0.15, 0.2) is 0 Å². The molecule has 2 N–H and O–H groups in total. The second-order valence-corrected chi connectivity index (χ2v) is 8.30. The minimum Gasteiger partial charge on any atom is -0.356 e. The van der Waals surface area contributed by atoms with Gasteiger partial charge in [-0.1, -0.05) is 67.1 Å². The minimum atomic E-state index is -0.147. The third kappa shape index (κ3) is 3.59. The van der Waals surface area contributed by atoms with Crippen LogP contribution < -0.4 is 5.32 Å². The van der Waals surface area contributed by atoms with Crippen LogP contribution in [-0.4, -0.2) is 22.5 Å². The molecule has 2 amide bonds. The van der Waals surface area contributed by atoms with Crippen LogP contribution in [0, 0.1) is 6.92 Å². The number of hydrogen-bond acceptors (Lipinski definition) is 1. The monoisotopic (exact) mass is 409 g/mol. The summed E-state index contributed by atoms with van der Waals surface area (Å²) in [6.45, 7) is 4.89. The highest BCUT2D eigenvalue weighted by Crippen LogP contribution is 2.38. The second kappa shape index (κ2) is 7.95. The maximum absolute atomic E-state index is 13.4. The average Bonchev–Trinajstić information content (AvgIpc) is 3.18. The summed E-state index contributed by atoms with van der Waals surface area (Å²) in [5.74, 6) is 0. The summed E-state index contributed by atoms with van der Waals surface area (Å²) in [5.41, 5.74) is 7.98. The SMILES string of the molecule is CCc1ccc(NC(=O)N2CCc3c([nH]c4ccccc34)C2c2ccc(C)cc2)cc1. The summed E-state index contributed by atoms with van der Waals surface area (Å²) in [7, 11) is 0. The molecule has 156 valence electrons. The molecule has 0 saturated heterocycles. The number of anilines is 1. The zero-order valence-corrected chi connectivity index (χ0v) is 18.0. The highest BCUT2D eigenvalue weighted by atomic mass is 16.2. The van der Waals surface area contributed by atoms with E-state index in [1.807, 2.05) is 17.0 Å². The van der Waals surface area contributed by atoms with Crippen molar-refractivity contribution in [1.82, 2.24) is 9.88 Å². The molecular weight excluding hydrogens is 382 g/mol. The van der Waals surface area contributed by atoms with Crippen molar-refractivity contribution in [2.45, 2.75) is 32.7 Å². The zero-order chi connectivity index (χ0) is 21.4. The van der Waals surface area contributed by atoms with Gasteiger partial charge in [0.2, 0.25) is 0 Å². The van der Waals surface area contributed by atoms with Gasteiger partial charge in [0.25, 0.3) is 0 Å². The Bertz CT molecular complexity index is 1220. The fourth-order valence-corrected chi connectivity index (χ4v) is 4.57. The Morgan fingerprint density at radius 3 is 2.52 bits per heavy atom. The predicted molar refractivity (Wildman–Crippen MR) is 127 cm³/mol. The predicted octanol–water partition coefficient (Wildman–Crippen LogP) is 6.22. The molecule has 1 unspecified atom stereocenters. The van der Waals surface area contributed by atoms with Crippen LogP contribution in [0.15, 0.2) is 72.8 Å². The number of aromatic amines is 1. The standard InChI is InChI=1S/C27H27N3O/c1-3-19-10-14-21(15-11-19)28-27(31)30-17-16-23-22-6-4-5-7-24(22)29-25(23)26(30)20-12-8-18(2)9-13-20/h4-15,26,29H,3,16-17H2,1-2H3,(H,28,31). The van der Waals surface area contributed by atoms with Crippen molar-refractivity contribution in [3.05, 3.63) is 101 Å². The minimum absolute atomic E-state index is 0.0703. The topological polar surface area (TPSA) is 48.1 Å². The van der Waals surface area contributed by atoms with Crippen LogP contribution in [0.5, 0.6) is 0 Å². The van der Waals surface area contributed by atoms with E-state index in [2.05, 4.69) is 84.8 Å². The number of aryl methyl sites for hydroxylation is 2. The number of nitrogens with zero attached hydrogens (tertiary/aromatic N) is 1. The van der Waals surface area contributed by atoms with Crippen LogP contribution >= 0.6 is 0 Å². The van der Waals surface area contributed by atoms with Gasteiger partial charge < -0.3 is 15.2 Å². The summed E-state index contributed by atoms with van der Waals surface area (Å²) in [4.78, 5) is 19.0. The van der Waals surface area contributed by atoms with E-state index in [0.29, 0.717) is 6.54 Å². The Labute approximate surface area is 182 Å². The molecule has 2 heterocycles.